The van der Waals surface area contributed by atoms with Crippen molar-refractivity contribution in [2.24, 2.45) is 28.6 Å². The van der Waals surface area contributed by atoms with Gasteiger partial charge in [0, 0.05) is 5.41 Å². The fourth-order valence-corrected chi connectivity index (χ4v) is 6.26. The topological polar surface area (TPSA) is 60.7 Å². The molecule has 0 amide bonds. The number of aliphatic hydroxyl groups is 3. The SMILES string of the molecule is C[C@]12C=CC(O)C=C1CC(O)[C@@H]1[C@H]2CC[C@]2(C)C(O)CC[C@@H]12. The lowest BCUT2D eigenvalue weighted by Gasteiger charge is -2.58. The number of hydrogen-bond donors (Lipinski definition) is 3. The highest BCUT2D eigenvalue weighted by molar-refractivity contribution is 5.34. The summed E-state index contributed by atoms with van der Waals surface area (Å²) < 4.78 is 0. The summed E-state index contributed by atoms with van der Waals surface area (Å²) in [6, 6.07) is 0. The summed E-state index contributed by atoms with van der Waals surface area (Å²) in [5.41, 5.74) is 1.16. The fourth-order valence-electron chi connectivity index (χ4n) is 6.26. The molecule has 0 radical (unpaired) electrons. The molecule has 3 unspecified atom stereocenters. The van der Waals surface area contributed by atoms with E-state index in [1.807, 2.05) is 12.2 Å². The third kappa shape index (κ3) is 1.79. The van der Waals surface area contributed by atoms with Gasteiger partial charge in [-0.3, -0.25) is 0 Å². The molecule has 3 heteroatoms. The smallest absolute Gasteiger partial charge is 0.0905 e. The molecule has 3 saturated carbocycles. The van der Waals surface area contributed by atoms with Gasteiger partial charge in [0.2, 0.25) is 0 Å². The molecule has 3 nitrogen and oxygen atoms in total. The molecule has 22 heavy (non-hydrogen) atoms. The van der Waals surface area contributed by atoms with Gasteiger partial charge in [-0.25, -0.2) is 0 Å². The van der Waals surface area contributed by atoms with Crippen molar-refractivity contribution in [1.82, 2.24) is 0 Å². The maximum absolute atomic E-state index is 10.9. The van der Waals surface area contributed by atoms with Crippen LogP contribution in [0.1, 0.15) is 46.0 Å². The monoisotopic (exact) mass is 304 g/mol. The van der Waals surface area contributed by atoms with E-state index < -0.39 is 6.10 Å². The Labute approximate surface area is 132 Å². The van der Waals surface area contributed by atoms with Gasteiger partial charge in [0.25, 0.3) is 0 Å². The van der Waals surface area contributed by atoms with Gasteiger partial charge >= 0.3 is 0 Å². The Morgan fingerprint density at radius 1 is 1.05 bits per heavy atom. The van der Waals surface area contributed by atoms with Crippen molar-refractivity contribution in [1.29, 1.82) is 0 Å². The highest BCUT2D eigenvalue weighted by atomic mass is 16.3. The summed E-state index contributed by atoms with van der Waals surface area (Å²) in [6.45, 7) is 4.51. The Balaban J connectivity index is 1.74. The van der Waals surface area contributed by atoms with Crippen LogP contribution >= 0.6 is 0 Å². The zero-order chi connectivity index (χ0) is 15.7. The van der Waals surface area contributed by atoms with E-state index in [0.29, 0.717) is 18.3 Å². The van der Waals surface area contributed by atoms with E-state index in [1.54, 1.807) is 0 Å². The summed E-state index contributed by atoms with van der Waals surface area (Å²) in [5, 5.41) is 31.2. The Morgan fingerprint density at radius 2 is 1.82 bits per heavy atom. The van der Waals surface area contributed by atoms with Crippen LogP contribution in [0.25, 0.3) is 0 Å². The molecule has 122 valence electrons. The molecule has 3 N–H and O–H groups in total. The van der Waals surface area contributed by atoms with Gasteiger partial charge in [-0.15, -0.1) is 0 Å². The highest BCUT2D eigenvalue weighted by Crippen LogP contribution is 2.64. The van der Waals surface area contributed by atoms with Crippen LogP contribution in [0.15, 0.2) is 23.8 Å². The first kappa shape index (κ1) is 14.9. The lowest BCUT2D eigenvalue weighted by atomic mass is 9.47. The molecule has 0 aromatic heterocycles. The molecule has 0 heterocycles. The van der Waals surface area contributed by atoms with Crippen molar-refractivity contribution >= 4 is 0 Å². The third-order valence-corrected chi connectivity index (χ3v) is 7.63. The third-order valence-electron chi connectivity index (χ3n) is 7.63. The van der Waals surface area contributed by atoms with Crippen molar-refractivity contribution < 1.29 is 15.3 Å². The summed E-state index contributed by atoms with van der Waals surface area (Å²) in [6.07, 6.45) is 9.67. The van der Waals surface area contributed by atoms with E-state index in [0.717, 1.165) is 25.7 Å². The minimum Gasteiger partial charge on any atom is -0.393 e. The molecule has 4 aliphatic rings. The van der Waals surface area contributed by atoms with Crippen LogP contribution in [0.4, 0.5) is 0 Å². The van der Waals surface area contributed by atoms with Crippen LogP contribution in [0.5, 0.6) is 0 Å². The zero-order valence-electron chi connectivity index (χ0n) is 13.6. The van der Waals surface area contributed by atoms with E-state index in [-0.39, 0.29) is 29.0 Å². The first-order valence-corrected chi connectivity index (χ1v) is 8.81. The van der Waals surface area contributed by atoms with Crippen LogP contribution in [0.3, 0.4) is 0 Å². The number of aliphatic hydroxyl groups excluding tert-OH is 3. The van der Waals surface area contributed by atoms with Gasteiger partial charge in [0.1, 0.15) is 0 Å². The summed E-state index contributed by atoms with van der Waals surface area (Å²) >= 11 is 0. The van der Waals surface area contributed by atoms with Gasteiger partial charge in [0.05, 0.1) is 18.3 Å². The quantitative estimate of drug-likeness (QED) is 0.602. The Morgan fingerprint density at radius 3 is 2.59 bits per heavy atom. The standard InChI is InChI=1S/C19H28O3/c1-18-7-5-12(20)9-11(18)10-15(21)17-13-3-4-16(22)19(13,2)8-6-14(17)18/h5,7,9,12-17,20-22H,3-4,6,8,10H2,1-2H3/t12?,13-,14+,15?,16?,17-,18-,19-/m0/s1. The second-order valence-electron chi connectivity index (χ2n) is 8.52. The van der Waals surface area contributed by atoms with Crippen LogP contribution in [-0.4, -0.2) is 33.6 Å². The molecule has 3 fully saturated rings. The fraction of sp³-hybridized carbons (Fsp3) is 0.789. The van der Waals surface area contributed by atoms with Crippen molar-refractivity contribution in [2.75, 3.05) is 0 Å². The first-order chi connectivity index (χ1) is 10.4. The average Bonchev–Trinajstić information content (AvgIpc) is 2.77. The molecule has 0 aliphatic heterocycles. The molecular formula is C19H28O3. The van der Waals surface area contributed by atoms with Gasteiger partial charge in [-0.05, 0) is 55.3 Å². The van der Waals surface area contributed by atoms with Crippen molar-refractivity contribution in [2.45, 2.75) is 64.3 Å². The van der Waals surface area contributed by atoms with Crippen LogP contribution in [0, 0.1) is 28.6 Å². The van der Waals surface area contributed by atoms with Crippen LogP contribution in [0.2, 0.25) is 0 Å². The van der Waals surface area contributed by atoms with E-state index in [2.05, 4.69) is 19.9 Å². The summed E-state index contributed by atoms with van der Waals surface area (Å²) in [7, 11) is 0. The Hall–Kier alpha value is -0.640. The lowest BCUT2D eigenvalue weighted by Crippen LogP contribution is -2.55. The van der Waals surface area contributed by atoms with E-state index in [9.17, 15) is 15.3 Å². The summed E-state index contributed by atoms with van der Waals surface area (Å²) in [4.78, 5) is 0. The summed E-state index contributed by atoms with van der Waals surface area (Å²) in [5.74, 6) is 1.13. The molecule has 8 atom stereocenters. The van der Waals surface area contributed by atoms with Gasteiger partial charge in [-0.2, -0.15) is 0 Å². The van der Waals surface area contributed by atoms with Gasteiger partial charge in [-0.1, -0.05) is 37.6 Å². The molecular weight excluding hydrogens is 276 g/mol. The van der Waals surface area contributed by atoms with E-state index >= 15 is 0 Å². The van der Waals surface area contributed by atoms with Gasteiger partial charge < -0.3 is 15.3 Å². The largest absolute Gasteiger partial charge is 0.393 e. The minimum atomic E-state index is -0.506. The Bertz CT molecular complexity index is 539. The predicted molar refractivity (Wildman–Crippen MR) is 85.0 cm³/mol. The molecule has 0 bridgehead atoms. The lowest BCUT2D eigenvalue weighted by molar-refractivity contribution is -0.108. The maximum Gasteiger partial charge on any atom is 0.0905 e. The number of hydrogen-bond acceptors (Lipinski definition) is 3. The number of fused-ring (bicyclic) bond motifs is 5. The minimum absolute atomic E-state index is 0.0163. The van der Waals surface area contributed by atoms with Crippen LogP contribution < -0.4 is 0 Å². The second-order valence-corrected chi connectivity index (χ2v) is 8.52. The number of rotatable bonds is 0. The first-order valence-electron chi connectivity index (χ1n) is 8.81. The van der Waals surface area contributed by atoms with Gasteiger partial charge in [0.15, 0.2) is 0 Å². The molecule has 4 rings (SSSR count). The van der Waals surface area contributed by atoms with Crippen molar-refractivity contribution in [3.05, 3.63) is 23.8 Å². The number of allylic oxidation sites excluding steroid dienone is 1. The van der Waals surface area contributed by atoms with Crippen molar-refractivity contribution in [3.63, 3.8) is 0 Å². The molecule has 0 aromatic rings. The highest BCUT2D eigenvalue weighted by Gasteiger charge is 2.60. The molecule has 0 saturated heterocycles. The van der Waals surface area contributed by atoms with E-state index in [1.165, 1.54) is 5.57 Å². The average molecular weight is 304 g/mol. The molecule has 4 aliphatic carbocycles. The maximum atomic E-state index is 10.9. The van der Waals surface area contributed by atoms with Crippen molar-refractivity contribution in [3.8, 4) is 0 Å². The Kier molecular flexibility index (Phi) is 3.18. The molecule has 0 aromatic carbocycles. The zero-order valence-corrected chi connectivity index (χ0v) is 13.6. The van der Waals surface area contributed by atoms with Crippen LogP contribution in [-0.2, 0) is 0 Å². The molecule has 0 spiro atoms. The second kappa shape index (κ2) is 4.68. The predicted octanol–water partition coefficient (Wildman–Crippen LogP) is 2.42. The normalized spacial score (nSPS) is 56.9. The van der Waals surface area contributed by atoms with E-state index in [4.69, 9.17) is 0 Å².